The van der Waals surface area contributed by atoms with Gasteiger partial charge in [-0.1, -0.05) is 12.1 Å². The first-order chi connectivity index (χ1) is 11.7. The van der Waals surface area contributed by atoms with Crippen LogP contribution in [0, 0.1) is 11.8 Å². The molecule has 0 atom stereocenters. The molecule has 1 aliphatic carbocycles. The molecule has 1 heterocycles. The Bertz CT molecular complexity index is 520. The van der Waals surface area contributed by atoms with Crippen LogP contribution in [0.3, 0.4) is 0 Å². The van der Waals surface area contributed by atoms with Crippen molar-refractivity contribution in [2.45, 2.75) is 32.2 Å². The zero-order valence-corrected chi connectivity index (χ0v) is 14.2. The Labute approximate surface area is 144 Å². The van der Waals surface area contributed by atoms with Crippen molar-refractivity contribution in [2.75, 3.05) is 37.8 Å². The van der Waals surface area contributed by atoms with Crippen LogP contribution in [-0.4, -0.2) is 43.9 Å². The highest BCUT2D eigenvalue weighted by molar-refractivity contribution is 5.77. The molecule has 1 aliphatic heterocycles. The number of benzene rings is 1. The molecule has 1 aromatic carbocycles. The molecule has 0 unspecified atom stereocenters. The van der Waals surface area contributed by atoms with Crippen molar-refractivity contribution in [2.24, 2.45) is 11.8 Å². The molecule has 3 rings (SSSR count). The van der Waals surface area contributed by atoms with Gasteiger partial charge in [0.1, 0.15) is 6.61 Å². The molecule has 5 heteroatoms. The van der Waals surface area contributed by atoms with E-state index >= 15 is 0 Å². The molecule has 24 heavy (non-hydrogen) atoms. The van der Waals surface area contributed by atoms with Gasteiger partial charge >= 0.3 is 0 Å². The fraction of sp³-hybridized carbons (Fsp3) is 0.632. The van der Waals surface area contributed by atoms with Gasteiger partial charge in [0.25, 0.3) is 0 Å². The summed E-state index contributed by atoms with van der Waals surface area (Å²) in [6.07, 6.45) is 4.58. The smallest absolute Gasteiger partial charge is 0.246 e. The summed E-state index contributed by atoms with van der Waals surface area (Å²) < 4.78 is 5.39. The molecule has 1 amide bonds. The van der Waals surface area contributed by atoms with Gasteiger partial charge in [0.2, 0.25) is 5.91 Å². The van der Waals surface area contributed by atoms with Crippen LogP contribution in [0.4, 0.5) is 5.69 Å². The number of carbonyl (C=O) groups excluding carboxylic acids is 1. The van der Waals surface area contributed by atoms with Crippen molar-refractivity contribution < 1.29 is 14.6 Å². The molecule has 1 saturated carbocycles. The minimum atomic E-state index is -0.0502. The minimum Gasteiger partial charge on any atom is -0.396 e. The normalized spacial score (nSPS) is 18.6. The maximum absolute atomic E-state index is 11.7. The zero-order chi connectivity index (χ0) is 16.8. The number of aliphatic hydroxyl groups is 1. The van der Waals surface area contributed by atoms with Gasteiger partial charge in [-0.05, 0) is 55.2 Å². The number of nitrogens with zero attached hydrogens (tertiary/aromatic N) is 1. The number of piperidine rings is 1. The number of anilines is 1. The quantitative estimate of drug-likeness (QED) is 0.764. The number of hydrogen-bond donors (Lipinski definition) is 2. The van der Waals surface area contributed by atoms with E-state index in [1.807, 2.05) is 0 Å². The Balaban J connectivity index is 1.38. The molecule has 2 fully saturated rings. The Morgan fingerprint density at radius 3 is 2.46 bits per heavy atom. The lowest BCUT2D eigenvalue weighted by molar-refractivity contribution is -0.126. The summed E-state index contributed by atoms with van der Waals surface area (Å²) in [6.45, 7) is 3.72. The molecule has 2 N–H and O–H groups in total. The average molecular weight is 332 g/mol. The molecule has 0 radical (unpaired) electrons. The number of nitrogens with one attached hydrogen (secondary N) is 1. The molecule has 1 aromatic rings. The van der Waals surface area contributed by atoms with Crippen LogP contribution in [0.15, 0.2) is 24.3 Å². The summed E-state index contributed by atoms with van der Waals surface area (Å²) in [4.78, 5) is 14.1. The molecule has 5 nitrogen and oxygen atoms in total. The first-order valence-corrected chi connectivity index (χ1v) is 9.04. The second-order valence-electron chi connectivity index (χ2n) is 7.01. The summed E-state index contributed by atoms with van der Waals surface area (Å²) in [5, 5.41) is 12.1. The van der Waals surface area contributed by atoms with E-state index in [-0.39, 0.29) is 12.5 Å². The van der Waals surface area contributed by atoms with E-state index in [1.165, 1.54) is 18.5 Å². The van der Waals surface area contributed by atoms with Gasteiger partial charge in [0.05, 0.1) is 6.61 Å². The van der Waals surface area contributed by atoms with Gasteiger partial charge in [-0.2, -0.15) is 0 Å². The fourth-order valence-corrected chi connectivity index (χ4v) is 3.05. The molecule has 2 aliphatic rings. The highest BCUT2D eigenvalue weighted by Crippen LogP contribution is 2.28. The van der Waals surface area contributed by atoms with Crippen molar-refractivity contribution in [3.8, 4) is 0 Å². The van der Waals surface area contributed by atoms with E-state index in [2.05, 4.69) is 34.5 Å². The number of aliphatic hydroxyl groups excluding tert-OH is 1. The Kier molecular flexibility index (Phi) is 6.10. The van der Waals surface area contributed by atoms with E-state index in [4.69, 9.17) is 4.74 Å². The Morgan fingerprint density at radius 1 is 1.12 bits per heavy atom. The second-order valence-corrected chi connectivity index (χ2v) is 7.01. The van der Waals surface area contributed by atoms with E-state index in [0.717, 1.165) is 38.1 Å². The molecule has 0 spiro atoms. The van der Waals surface area contributed by atoms with Crippen molar-refractivity contribution in [1.29, 1.82) is 0 Å². The van der Waals surface area contributed by atoms with Gasteiger partial charge in [-0.25, -0.2) is 0 Å². The molecule has 132 valence electrons. The highest BCUT2D eigenvalue weighted by Gasteiger charge is 2.21. The van der Waals surface area contributed by atoms with E-state index in [0.29, 0.717) is 25.0 Å². The average Bonchev–Trinajstić information content (AvgIpc) is 3.45. The van der Waals surface area contributed by atoms with Crippen LogP contribution in [0.25, 0.3) is 0 Å². The summed E-state index contributed by atoms with van der Waals surface area (Å²) in [5.74, 6) is 1.09. The molecule has 0 aromatic heterocycles. The van der Waals surface area contributed by atoms with Gasteiger partial charge in [0.15, 0.2) is 0 Å². The first-order valence-electron chi connectivity index (χ1n) is 9.04. The fourth-order valence-electron chi connectivity index (χ4n) is 3.05. The van der Waals surface area contributed by atoms with E-state index in [9.17, 15) is 9.90 Å². The van der Waals surface area contributed by atoms with Crippen molar-refractivity contribution in [1.82, 2.24) is 5.32 Å². The number of ether oxygens (including phenoxy) is 1. The third-order valence-electron chi connectivity index (χ3n) is 4.95. The number of rotatable bonds is 8. The topological polar surface area (TPSA) is 61.8 Å². The van der Waals surface area contributed by atoms with E-state index in [1.54, 1.807) is 0 Å². The van der Waals surface area contributed by atoms with Crippen LogP contribution in [0.1, 0.15) is 31.2 Å². The zero-order valence-electron chi connectivity index (χ0n) is 14.2. The first kappa shape index (κ1) is 17.2. The lowest BCUT2D eigenvalue weighted by atomic mass is 9.97. The van der Waals surface area contributed by atoms with Crippen LogP contribution >= 0.6 is 0 Å². The van der Waals surface area contributed by atoms with Crippen molar-refractivity contribution in [3.63, 3.8) is 0 Å². The predicted molar refractivity (Wildman–Crippen MR) is 93.9 cm³/mol. The highest BCUT2D eigenvalue weighted by atomic mass is 16.5. The molecular weight excluding hydrogens is 304 g/mol. The monoisotopic (exact) mass is 332 g/mol. The number of carbonyl (C=O) groups is 1. The Hall–Kier alpha value is -1.59. The van der Waals surface area contributed by atoms with Crippen LogP contribution in [0.2, 0.25) is 0 Å². The van der Waals surface area contributed by atoms with Gasteiger partial charge < -0.3 is 20.1 Å². The Morgan fingerprint density at radius 2 is 1.83 bits per heavy atom. The lowest BCUT2D eigenvalue weighted by Crippen LogP contribution is -2.34. The summed E-state index contributed by atoms with van der Waals surface area (Å²) in [5.41, 5.74) is 2.31. The number of hydrogen-bond acceptors (Lipinski definition) is 4. The predicted octanol–water partition coefficient (Wildman–Crippen LogP) is 1.94. The van der Waals surface area contributed by atoms with E-state index < -0.39 is 0 Å². The minimum absolute atomic E-state index is 0.0502. The standard InChI is InChI=1S/C19H28N2O3/c22-12-16-7-9-21(10-8-16)18-5-3-15(4-6-18)11-20-19(23)14-24-13-17-1-2-17/h3-6,16-17,22H,1-2,7-14H2,(H,20,23). The van der Waals surface area contributed by atoms with Gasteiger partial charge in [-0.15, -0.1) is 0 Å². The van der Waals surface area contributed by atoms with Crippen LogP contribution in [0.5, 0.6) is 0 Å². The van der Waals surface area contributed by atoms with Crippen molar-refractivity contribution in [3.05, 3.63) is 29.8 Å². The van der Waals surface area contributed by atoms with Crippen LogP contribution in [-0.2, 0) is 16.1 Å². The van der Waals surface area contributed by atoms with Gasteiger partial charge in [0, 0.05) is 31.9 Å². The number of amides is 1. The largest absolute Gasteiger partial charge is 0.396 e. The van der Waals surface area contributed by atoms with Crippen LogP contribution < -0.4 is 10.2 Å². The SMILES string of the molecule is O=C(COCC1CC1)NCc1ccc(N2CCC(CO)CC2)cc1. The maximum atomic E-state index is 11.7. The molecular formula is C19H28N2O3. The lowest BCUT2D eigenvalue weighted by Gasteiger charge is -2.33. The summed E-state index contributed by atoms with van der Waals surface area (Å²) >= 11 is 0. The van der Waals surface area contributed by atoms with Gasteiger partial charge in [-0.3, -0.25) is 4.79 Å². The second kappa shape index (κ2) is 8.49. The maximum Gasteiger partial charge on any atom is 0.246 e. The molecule has 1 saturated heterocycles. The molecule has 0 bridgehead atoms. The van der Waals surface area contributed by atoms with Crippen molar-refractivity contribution >= 4 is 11.6 Å². The third-order valence-corrected chi connectivity index (χ3v) is 4.95. The summed E-state index contributed by atoms with van der Waals surface area (Å²) in [6, 6.07) is 8.37. The third kappa shape index (κ3) is 5.21. The summed E-state index contributed by atoms with van der Waals surface area (Å²) in [7, 11) is 0.